The van der Waals surface area contributed by atoms with Gasteiger partial charge in [-0.1, -0.05) is 32.9 Å². The summed E-state index contributed by atoms with van der Waals surface area (Å²) in [6.07, 6.45) is 12.0. The number of nitrogens with one attached hydrogen (secondary N) is 3. The number of hydrogen-bond donors (Lipinski definition) is 3. The van der Waals surface area contributed by atoms with E-state index in [1.165, 1.54) is 43.7 Å². The zero-order valence-corrected chi connectivity index (χ0v) is 42.0. The third kappa shape index (κ3) is 21.4. The van der Waals surface area contributed by atoms with Gasteiger partial charge in [-0.15, -0.1) is 0 Å². The minimum atomic E-state index is 0.480. The van der Waals surface area contributed by atoms with Gasteiger partial charge in [0.1, 0.15) is 0 Å². The average Bonchev–Trinajstić information content (AvgIpc) is 3.32. The summed E-state index contributed by atoms with van der Waals surface area (Å²) >= 11 is 0. The zero-order valence-electron chi connectivity index (χ0n) is 42.0. The van der Waals surface area contributed by atoms with Crippen molar-refractivity contribution >= 4 is 0 Å². The molecular weight excluding hydrogens is 813 g/mol. The van der Waals surface area contributed by atoms with E-state index in [9.17, 15) is 0 Å². The zero-order chi connectivity index (χ0) is 45.7. The van der Waals surface area contributed by atoms with Crippen LogP contribution in [0.15, 0.2) is 36.4 Å². The van der Waals surface area contributed by atoms with Crippen LogP contribution in [0.2, 0.25) is 0 Å². The Kier molecular flexibility index (Phi) is 26.3. The molecule has 3 aliphatic rings. The fourth-order valence-corrected chi connectivity index (χ4v) is 9.31. The number of ether oxygens (including phenoxy) is 4. The number of hydrogen-bond acceptors (Lipinski definition) is 12. The van der Waals surface area contributed by atoms with Crippen molar-refractivity contribution in [1.82, 2.24) is 40.4 Å². The van der Waals surface area contributed by atoms with Crippen LogP contribution in [-0.2, 0) is 12.8 Å². The van der Waals surface area contributed by atoms with Crippen molar-refractivity contribution in [2.45, 2.75) is 91.4 Å². The smallest absolute Gasteiger partial charge is 0.161 e. The first kappa shape index (κ1) is 53.3. The second-order valence-electron chi connectivity index (χ2n) is 19.4. The van der Waals surface area contributed by atoms with Gasteiger partial charge in [-0.2, -0.15) is 0 Å². The van der Waals surface area contributed by atoms with E-state index in [4.69, 9.17) is 18.9 Å². The van der Waals surface area contributed by atoms with Crippen LogP contribution in [0.25, 0.3) is 0 Å². The lowest BCUT2D eigenvalue weighted by molar-refractivity contribution is 0.149. The van der Waals surface area contributed by atoms with Gasteiger partial charge in [0.25, 0.3) is 0 Å². The quantitative estimate of drug-likeness (QED) is 0.0683. The summed E-state index contributed by atoms with van der Waals surface area (Å²) in [5, 5.41) is 10.2. The molecule has 0 amide bonds. The van der Waals surface area contributed by atoms with Crippen molar-refractivity contribution in [3.8, 4) is 23.0 Å². The van der Waals surface area contributed by atoms with E-state index < -0.39 is 0 Å². The van der Waals surface area contributed by atoms with E-state index >= 15 is 0 Å². The summed E-state index contributed by atoms with van der Waals surface area (Å²) in [7, 11) is 4.26. The lowest BCUT2D eigenvalue weighted by Crippen LogP contribution is -2.44. The summed E-state index contributed by atoms with van der Waals surface area (Å²) < 4.78 is 26.0. The first-order valence-corrected chi connectivity index (χ1v) is 26.3. The largest absolute Gasteiger partial charge is 0.490 e. The molecule has 0 radical (unpaired) electrons. The van der Waals surface area contributed by atoms with Crippen LogP contribution in [0.5, 0.6) is 23.0 Å². The summed E-state index contributed by atoms with van der Waals surface area (Å²) in [6, 6.07) is 13.4. The second kappa shape index (κ2) is 32.1. The average molecular weight is 907 g/mol. The van der Waals surface area contributed by atoms with Gasteiger partial charge in [-0.05, 0) is 165 Å². The number of piperazine rings is 3. The van der Waals surface area contributed by atoms with Gasteiger partial charge in [-0.25, -0.2) is 0 Å². The fraction of sp³-hybridized carbons (Fsp3) is 0.774. The van der Waals surface area contributed by atoms with Crippen LogP contribution < -0.4 is 34.9 Å². The van der Waals surface area contributed by atoms with E-state index in [0.717, 1.165) is 199 Å². The highest BCUT2D eigenvalue weighted by Crippen LogP contribution is 2.33. The van der Waals surface area contributed by atoms with Crippen LogP contribution in [0.4, 0.5) is 0 Å². The minimum Gasteiger partial charge on any atom is -0.490 e. The second-order valence-corrected chi connectivity index (χ2v) is 19.4. The van der Waals surface area contributed by atoms with Crippen LogP contribution in [0.3, 0.4) is 0 Å². The Morgan fingerprint density at radius 2 is 0.969 bits per heavy atom. The Balaban J connectivity index is 1.14. The van der Waals surface area contributed by atoms with Gasteiger partial charge >= 0.3 is 0 Å². The summed E-state index contributed by atoms with van der Waals surface area (Å²) in [5.74, 6) is 4.53. The Bertz CT molecular complexity index is 1520. The molecule has 12 heteroatoms. The number of rotatable bonds is 34. The van der Waals surface area contributed by atoms with Crippen LogP contribution >= 0.6 is 0 Å². The van der Waals surface area contributed by atoms with Crippen molar-refractivity contribution in [3.63, 3.8) is 0 Å². The van der Waals surface area contributed by atoms with Gasteiger partial charge in [0.15, 0.2) is 23.0 Å². The van der Waals surface area contributed by atoms with Gasteiger partial charge in [0.05, 0.1) is 26.4 Å². The predicted molar refractivity (Wildman–Crippen MR) is 271 cm³/mol. The molecule has 5 rings (SSSR count). The molecule has 0 bridgehead atoms. The van der Waals surface area contributed by atoms with E-state index in [1.54, 1.807) is 0 Å². The molecule has 2 aromatic carbocycles. The maximum atomic E-state index is 6.55. The monoisotopic (exact) mass is 907 g/mol. The number of nitrogens with zero attached hydrogens (tertiary/aromatic N) is 5. The molecule has 3 fully saturated rings. The van der Waals surface area contributed by atoms with E-state index in [1.807, 2.05) is 7.05 Å². The fourth-order valence-electron chi connectivity index (χ4n) is 9.31. The molecule has 12 nitrogen and oxygen atoms in total. The van der Waals surface area contributed by atoms with E-state index in [2.05, 4.69) is 105 Å². The summed E-state index contributed by atoms with van der Waals surface area (Å²) in [6.45, 7) is 31.5. The highest BCUT2D eigenvalue weighted by molar-refractivity contribution is 5.44. The molecule has 3 saturated heterocycles. The Morgan fingerprint density at radius 3 is 1.42 bits per heavy atom. The molecule has 0 saturated carbocycles. The summed E-state index contributed by atoms with van der Waals surface area (Å²) in [5.41, 5.74) is 2.63. The van der Waals surface area contributed by atoms with Gasteiger partial charge in [0.2, 0.25) is 0 Å². The Labute approximate surface area is 396 Å². The highest BCUT2D eigenvalue weighted by atomic mass is 16.5. The first-order valence-electron chi connectivity index (χ1n) is 26.3. The number of benzene rings is 2. The standard InChI is InChI=1S/C53H94N8O4/c1-6-24-58(29-19-54-4)25-7-11-38-62-50-17-15-48(44-52(50)64-40-13-8-26-59-30-20-55-21-31-59)42-46(2)47(3)43-49-16-18-51(63-39-12-10-28-61-36-34-57(5)35-37-61)53(45-49)65-41-14-9-27-60-32-22-56-23-33-60/h15-18,44-47,54-56H,6-14,19-43H2,1-5H3/t46-,47+/m1/s1. The minimum absolute atomic E-state index is 0.480. The van der Waals surface area contributed by atoms with Crippen LogP contribution in [0.1, 0.15) is 89.7 Å². The predicted octanol–water partition coefficient (Wildman–Crippen LogP) is 6.37. The summed E-state index contributed by atoms with van der Waals surface area (Å²) in [4.78, 5) is 12.7. The van der Waals surface area contributed by atoms with Gasteiger partial charge in [0, 0.05) is 91.6 Å². The molecule has 2 aromatic rings. The maximum Gasteiger partial charge on any atom is 0.161 e. The SMILES string of the molecule is CCCN(CCCCOc1ccc(C[C@@H](C)[C@@H](C)Cc2ccc(OCCCCN3CCN(C)CC3)c(OCCCCN3CCNCC3)c2)cc1OCCCCN1CCNCC1)CCNC. The highest BCUT2D eigenvalue weighted by Gasteiger charge is 2.19. The van der Waals surface area contributed by atoms with Gasteiger partial charge < -0.3 is 59.4 Å². The molecule has 3 aliphatic heterocycles. The topological polar surface area (TPSA) is 89.2 Å². The molecule has 2 atom stereocenters. The van der Waals surface area contributed by atoms with Crippen molar-refractivity contribution in [1.29, 1.82) is 0 Å². The lowest BCUT2D eigenvalue weighted by Gasteiger charge is -2.32. The Morgan fingerprint density at radius 1 is 0.538 bits per heavy atom. The van der Waals surface area contributed by atoms with E-state index in [0.29, 0.717) is 25.0 Å². The molecule has 0 aromatic heterocycles. The molecule has 65 heavy (non-hydrogen) atoms. The third-order valence-corrected chi connectivity index (χ3v) is 13.8. The molecular formula is C53H94N8O4. The van der Waals surface area contributed by atoms with Gasteiger partial charge in [-0.3, -0.25) is 0 Å². The number of likely N-dealkylation sites (N-methyl/N-ethyl adjacent to an activating group) is 2. The molecule has 0 spiro atoms. The van der Waals surface area contributed by atoms with Crippen LogP contribution in [0, 0.1) is 11.8 Å². The Hall–Kier alpha value is -2.68. The first-order chi connectivity index (χ1) is 31.9. The number of unbranched alkanes of at least 4 members (excludes halogenated alkanes) is 4. The maximum absolute atomic E-state index is 6.55. The van der Waals surface area contributed by atoms with Crippen molar-refractivity contribution in [3.05, 3.63) is 47.5 Å². The third-order valence-electron chi connectivity index (χ3n) is 13.8. The van der Waals surface area contributed by atoms with Crippen molar-refractivity contribution in [2.24, 2.45) is 11.8 Å². The van der Waals surface area contributed by atoms with E-state index in [-0.39, 0.29) is 0 Å². The normalized spacial score (nSPS) is 17.9. The lowest BCUT2D eigenvalue weighted by atomic mass is 9.85. The molecule has 3 heterocycles. The van der Waals surface area contributed by atoms with Crippen molar-refractivity contribution in [2.75, 3.05) is 165 Å². The molecule has 3 N–H and O–H groups in total. The molecule has 370 valence electrons. The van der Waals surface area contributed by atoms with Crippen molar-refractivity contribution < 1.29 is 18.9 Å². The molecule has 0 aliphatic carbocycles. The molecule has 0 unspecified atom stereocenters. The van der Waals surface area contributed by atoms with Crippen LogP contribution in [-0.4, -0.2) is 189 Å².